The highest BCUT2D eigenvalue weighted by Gasteiger charge is 2.35. The van der Waals surface area contributed by atoms with Gasteiger partial charge in [0.1, 0.15) is 18.0 Å². The Kier molecular flexibility index (Phi) is 8.87. The van der Waals surface area contributed by atoms with Gasteiger partial charge in [0.15, 0.2) is 6.29 Å². The average molecular weight is 467 g/mol. The largest absolute Gasteiger partial charge is 0.497 e. The number of carbonyl (C=O) groups is 2. The van der Waals surface area contributed by atoms with Gasteiger partial charge in [-0.2, -0.15) is 13.2 Å². The van der Waals surface area contributed by atoms with E-state index in [2.05, 4.69) is 0 Å². The van der Waals surface area contributed by atoms with E-state index in [4.69, 9.17) is 14.2 Å². The molecule has 0 bridgehead atoms. The second-order valence-electron chi connectivity index (χ2n) is 8.26. The number of benzene rings is 2. The van der Waals surface area contributed by atoms with Crippen molar-refractivity contribution in [1.82, 2.24) is 0 Å². The van der Waals surface area contributed by atoms with Crippen molar-refractivity contribution in [2.24, 2.45) is 0 Å². The minimum absolute atomic E-state index is 0.0317. The van der Waals surface area contributed by atoms with E-state index >= 15 is 0 Å². The number of hydrogen-bond donors (Lipinski definition) is 0. The molecule has 0 saturated carbocycles. The van der Waals surface area contributed by atoms with Crippen molar-refractivity contribution in [3.05, 3.63) is 59.2 Å². The molecule has 0 spiro atoms. The van der Waals surface area contributed by atoms with E-state index in [1.807, 2.05) is 0 Å². The van der Waals surface area contributed by atoms with Gasteiger partial charge in [0, 0.05) is 24.3 Å². The SMILES string of the molecule is COc1ccc(CN(CCOCC(=O)OC(C)(C)C)c2cccc(C(F)(F)F)c2C=O)cc1. The van der Waals surface area contributed by atoms with Gasteiger partial charge < -0.3 is 19.1 Å². The number of rotatable bonds is 10. The van der Waals surface area contributed by atoms with Crippen LogP contribution in [0.15, 0.2) is 42.5 Å². The molecular weight excluding hydrogens is 439 g/mol. The second-order valence-corrected chi connectivity index (χ2v) is 8.26. The van der Waals surface area contributed by atoms with Gasteiger partial charge >= 0.3 is 12.1 Å². The summed E-state index contributed by atoms with van der Waals surface area (Å²) in [5.74, 6) is 0.0931. The van der Waals surface area contributed by atoms with Crippen LogP contribution in [-0.4, -0.2) is 44.7 Å². The van der Waals surface area contributed by atoms with E-state index in [0.717, 1.165) is 11.6 Å². The van der Waals surface area contributed by atoms with Gasteiger partial charge in [-0.05, 0) is 50.6 Å². The third kappa shape index (κ3) is 8.09. The van der Waals surface area contributed by atoms with Gasteiger partial charge in [-0.25, -0.2) is 4.79 Å². The molecule has 9 heteroatoms. The number of ether oxygens (including phenoxy) is 3. The summed E-state index contributed by atoms with van der Waals surface area (Å²) < 4.78 is 56.1. The number of halogens is 3. The predicted molar refractivity (Wildman–Crippen MR) is 118 cm³/mol. The minimum Gasteiger partial charge on any atom is -0.497 e. The fraction of sp³-hybridized carbons (Fsp3) is 0.417. The minimum atomic E-state index is -4.68. The van der Waals surface area contributed by atoms with Crippen LogP contribution in [0, 0.1) is 0 Å². The molecule has 0 fully saturated rings. The Morgan fingerprint density at radius 1 is 1.06 bits per heavy atom. The van der Waals surface area contributed by atoms with Crippen molar-refractivity contribution in [2.75, 3.05) is 31.8 Å². The lowest BCUT2D eigenvalue weighted by Crippen LogP contribution is -2.31. The smallest absolute Gasteiger partial charge is 0.417 e. The Morgan fingerprint density at radius 2 is 1.73 bits per heavy atom. The molecule has 2 aromatic carbocycles. The Labute approximate surface area is 191 Å². The highest BCUT2D eigenvalue weighted by Crippen LogP contribution is 2.35. The molecule has 2 rings (SSSR count). The van der Waals surface area contributed by atoms with Crippen LogP contribution in [0.1, 0.15) is 42.3 Å². The van der Waals surface area contributed by atoms with E-state index in [1.165, 1.54) is 19.2 Å². The molecule has 0 saturated heterocycles. The summed E-state index contributed by atoms with van der Waals surface area (Å²) in [6.45, 7) is 5.28. The molecule has 0 unspecified atom stereocenters. The van der Waals surface area contributed by atoms with Crippen molar-refractivity contribution >= 4 is 17.9 Å². The molecule has 0 amide bonds. The zero-order chi connectivity index (χ0) is 24.6. The number of alkyl halides is 3. The van der Waals surface area contributed by atoms with Crippen molar-refractivity contribution < 1.29 is 37.0 Å². The molecule has 0 N–H and O–H groups in total. The maximum Gasteiger partial charge on any atom is 0.417 e. The summed E-state index contributed by atoms with van der Waals surface area (Å²) in [5, 5.41) is 0. The van der Waals surface area contributed by atoms with Gasteiger partial charge in [0.05, 0.1) is 19.3 Å². The molecule has 6 nitrogen and oxygen atoms in total. The normalized spacial score (nSPS) is 11.7. The van der Waals surface area contributed by atoms with Gasteiger partial charge in [-0.3, -0.25) is 4.79 Å². The quantitative estimate of drug-likeness (QED) is 0.282. The Balaban J connectivity index is 2.24. The van der Waals surface area contributed by atoms with Gasteiger partial charge in [-0.1, -0.05) is 18.2 Å². The standard InChI is InChI=1S/C24H28F3NO5/c1-23(2,3)33-22(30)16-32-13-12-28(14-17-8-10-18(31-4)11-9-17)21-7-5-6-20(19(21)15-29)24(25,26)27/h5-11,15H,12-14,16H2,1-4H3. The van der Waals surface area contributed by atoms with Crippen LogP contribution >= 0.6 is 0 Å². The van der Waals surface area contributed by atoms with E-state index in [1.54, 1.807) is 49.9 Å². The van der Waals surface area contributed by atoms with Crippen LogP contribution in [0.3, 0.4) is 0 Å². The summed E-state index contributed by atoms with van der Waals surface area (Å²) >= 11 is 0. The van der Waals surface area contributed by atoms with Crippen LogP contribution in [0.5, 0.6) is 5.75 Å². The number of esters is 1. The number of hydrogen-bond acceptors (Lipinski definition) is 6. The third-order valence-corrected chi connectivity index (χ3v) is 4.53. The van der Waals surface area contributed by atoms with Crippen LogP contribution < -0.4 is 9.64 Å². The maximum atomic E-state index is 13.5. The summed E-state index contributed by atoms with van der Waals surface area (Å²) in [7, 11) is 1.53. The lowest BCUT2D eigenvalue weighted by atomic mass is 10.0. The van der Waals surface area contributed by atoms with Crippen molar-refractivity contribution in [3.8, 4) is 5.75 Å². The zero-order valence-corrected chi connectivity index (χ0v) is 19.1. The first-order valence-corrected chi connectivity index (χ1v) is 10.3. The number of methoxy groups -OCH3 is 1. The van der Waals surface area contributed by atoms with Crippen LogP contribution in [-0.2, 0) is 27.0 Å². The van der Waals surface area contributed by atoms with E-state index < -0.39 is 28.9 Å². The summed E-state index contributed by atoms with van der Waals surface area (Å²) in [6, 6.07) is 10.6. The van der Waals surface area contributed by atoms with E-state index in [-0.39, 0.29) is 38.3 Å². The van der Waals surface area contributed by atoms with Crippen molar-refractivity contribution in [1.29, 1.82) is 0 Å². The summed E-state index contributed by atoms with van der Waals surface area (Å²) in [4.78, 5) is 25.1. The molecule has 0 heterocycles. The molecule has 0 aliphatic rings. The number of nitrogens with zero attached hydrogens (tertiary/aromatic N) is 1. The molecule has 180 valence electrons. The van der Waals surface area contributed by atoms with Crippen molar-refractivity contribution in [3.63, 3.8) is 0 Å². The Bertz CT molecular complexity index is 937. The van der Waals surface area contributed by atoms with Gasteiger partial charge in [0.2, 0.25) is 0 Å². The molecule has 0 radical (unpaired) electrons. The van der Waals surface area contributed by atoms with E-state index in [9.17, 15) is 22.8 Å². The summed E-state index contributed by atoms with van der Waals surface area (Å²) in [5.41, 5.74) is -1.21. The molecule has 33 heavy (non-hydrogen) atoms. The first-order valence-electron chi connectivity index (χ1n) is 10.3. The average Bonchev–Trinajstić information content (AvgIpc) is 2.74. The lowest BCUT2D eigenvalue weighted by molar-refractivity contribution is -0.160. The van der Waals surface area contributed by atoms with Crippen LogP contribution in [0.25, 0.3) is 0 Å². The van der Waals surface area contributed by atoms with Crippen molar-refractivity contribution in [2.45, 2.75) is 39.1 Å². The molecule has 0 aromatic heterocycles. The molecule has 0 aliphatic heterocycles. The fourth-order valence-corrected chi connectivity index (χ4v) is 3.14. The Hall–Kier alpha value is -3.07. The third-order valence-electron chi connectivity index (χ3n) is 4.53. The number of anilines is 1. The lowest BCUT2D eigenvalue weighted by Gasteiger charge is -2.27. The number of carbonyl (C=O) groups excluding carboxylic acids is 2. The highest BCUT2D eigenvalue weighted by atomic mass is 19.4. The monoisotopic (exact) mass is 467 g/mol. The van der Waals surface area contributed by atoms with Gasteiger partial charge in [-0.15, -0.1) is 0 Å². The Morgan fingerprint density at radius 3 is 2.27 bits per heavy atom. The molecular formula is C24H28F3NO5. The first kappa shape index (κ1) is 26.2. The second kappa shape index (κ2) is 11.2. The molecule has 0 atom stereocenters. The predicted octanol–water partition coefficient (Wildman–Crippen LogP) is 4.89. The highest BCUT2D eigenvalue weighted by molar-refractivity contribution is 5.87. The van der Waals surface area contributed by atoms with Crippen LogP contribution in [0.2, 0.25) is 0 Å². The topological polar surface area (TPSA) is 65.1 Å². The van der Waals surface area contributed by atoms with Crippen LogP contribution in [0.4, 0.5) is 18.9 Å². The summed E-state index contributed by atoms with van der Waals surface area (Å²) in [6.07, 6.45) is -4.47. The number of aldehydes is 1. The maximum absolute atomic E-state index is 13.5. The van der Waals surface area contributed by atoms with Gasteiger partial charge in [0.25, 0.3) is 0 Å². The zero-order valence-electron chi connectivity index (χ0n) is 19.1. The van der Waals surface area contributed by atoms with E-state index in [0.29, 0.717) is 5.75 Å². The molecule has 2 aromatic rings. The fourth-order valence-electron chi connectivity index (χ4n) is 3.14. The first-order chi connectivity index (χ1) is 15.4. The molecule has 0 aliphatic carbocycles.